The van der Waals surface area contributed by atoms with E-state index in [4.69, 9.17) is 10.7 Å². The molecule has 0 spiro atoms. The van der Waals surface area contributed by atoms with Crippen molar-refractivity contribution in [3.63, 3.8) is 0 Å². The van der Waals surface area contributed by atoms with Gasteiger partial charge in [-0.05, 0) is 98.7 Å². The molecule has 6 heteroatoms. The molecule has 2 aromatic carbocycles. The number of nitrogens with one attached hydrogen (secondary N) is 3. The number of hydrogen-bond acceptors (Lipinski definition) is 4. The lowest BCUT2D eigenvalue weighted by molar-refractivity contribution is 0.612. The molecular weight excluding hydrogens is 480 g/mol. The van der Waals surface area contributed by atoms with Gasteiger partial charge >= 0.3 is 0 Å². The number of hydrogen-bond donors (Lipinski definition) is 4. The molecule has 2 saturated heterocycles. The summed E-state index contributed by atoms with van der Waals surface area (Å²) < 4.78 is 0. The van der Waals surface area contributed by atoms with Gasteiger partial charge in [-0.2, -0.15) is 0 Å². The predicted molar refractivity (Wildman–Crippen MR) is 160 cm³/mol. The van der Waals surface area contributed by atoms with Crippen LogP contribution in [0.15, 0.2) is 71.9 Å². The standard InChI is InChI=1S/C33H36N6/c1-3-28(26-15-9-14-25(22-26)24-12-5-4-6-13-24)33(2,39-31(34)29-17-10-20-35-29)19-8-7-16-27-23-37-32(38-27)30-18-11-21-36-30/h3-6,9,12-15,22-23,29-30,35-36H,10-11,17-18,20-21H2,1-2H3,(H2,34,39)(H,37,38)/b28-3-/t29-,30-,33?/m0/s1. The number of benzene rings is 2. The summed E-state index contributed by atoms with van der Waals surface area (Å²) in [6.45, 7) is 6.03. The Balaban J connectivity index is 1.47. The van der Waals surface area contributed by atoms with Gasteiger partial charge in [0.25, 0.3) is 0 Å². The van der Waals surface area contributed by atoms with Crippen molar-refractivity contribution in [1.82, 2.24) is 20.6 Å². The molecule has 5 rings (SSSR count). The third-order valence-electron chi connectivity index (χ3n) is 7.42. The number of allylic oxidation sites excluding steroid dienone is 1. The second kappa shape index (κ2) is 12.2. The summed E-state index contributed by atoms with van der Waals surface area (Å²) in [6, 6.07) is 19.2. The highest BCUT2D eigenvalue weighted by Crippen LogP contribution is 2.33. The van der Waals surface area contributed by atoms with Crippen LogP contribution < -0.4 is 16.4 Å². The van der Waals surface area contributed by atoms with Crippen LogP contribution in [0.3, 0.4) is 0 Å². The van der Waals surface area contributed by atoms with Crippen LogP contribution in [0.5, 0.6) is 0 Å². The maximum Gasteiger partial charge on any atom is 0.146 e. The highest BCUT2D eigenvalue weighted by molar-refractivity contribution is 5.90. The minimum absolute atomic E-state index is 0.0681. The Morgan fingerprint density at radius 1 is 1.03 bits per heavy atom. The molecule has 2 fully saturated rings. The maximum atomic E-state index is 6.55. The summed E-state index contributed by atoms with van der Waals surface area (Å²) in [5.41, 5.74) is 10.8. The molecule has 39 heavy (non-hydrogen) atoms. The zero-order chi connectivity index (χ0) is 27.1. The Morgan fingerprint density at radius 2 is 1.82 bits per heavy atom. The average molecular weight is 517 g/mol. The van der Waals surface area contributed by atoms with E-state index in [1.54, 1.807) is 6.20 Å². The SMILES string of the molecule is C/C=C(/c1cccc(-c2ccccc2)c1)C(C)(C#CC#Cc1cnc([C@@H]2CCCN2)[nH]1)/N=C(\N)[C@@H]1CCCN1. The third-order valence-corrected chi connectivity index (χ3v) is 7.42. The van der Waals surface area contributed by atoms with Crippen LogP contribution in [0.2, 0.25) is 0 Å². The summed E-state index contributed by atoms with van der Waals surface area (Å²) in [5, 5.41) is 6.91. The molecule has 1 unspecified atom stereocenters. The van der Waals surface area contributed by atoms with Gasteiger partial charge in [-0.15, -0.1) is 0 Å². The molecule has 0 saturated carbocycles. The fourth-order valence-corrected chi connectivity index (χ4v) is 5.40. The summed E-state index contributed by atoms with van der Waals surface area (Å²) in [5.74, 6) is 14.1. The molecule has 0 bridgehead atoms. The number of aromatic nitrogens is 2. The lowest BCUT2D eigenvalue weighted by atomic mass is 9.85. The van der Waals surface area contributed by atoms with Crippen molar-refractivity contribution in [2.24, 2.45) is 10.7 Å². The fraction of sp³-hybridized carbons (Fsp3) is 0.333. The van der Waals surface area contributed by atoms with Crippen molar-refractivity contribution in [3.05, 3.63) is 84.0 Å². The van der Waals surface area contributed by atoms with Gasteiger partial charge in [-0.3, -0.25) is 0 Å². The summed E-state index contributed by atoms with van der Waals surface area (Å²) in [6.07, 6.45) is 8.18. The fourth-order valence-electron chi connectivity index (χ4n) is 5.40. The van der Waals surface area contributed by atoms with E-state index in [1.165, 1.54) is 5.56 Å². The van der Waals surface area contributed by atoms with Gasteiger partial charge in [-0.25, -0.2) is 9.98 Å². The number of aliphatic imine (C=N–C) groups is 1. The molecule has 198 valence electrons. The first kappa shape index (κ1) is 26.5. The molecule has 2 aliphatic rings. The maximum absolute atomic E-state index is 6.55. The van der Waals surface area contributed by atoms with Crippen LogP contribution in [-0.4, -0.2) is 40.5 Å². The Hall–Kier alpha value is -4.10. The minimum atomic E-state index is -0.875. The van der Waals surface area contributed by atoms with Gasteiger partial charge in [0.15, 0.2) is 0 Å². The van der Waals surface area contributed by atoms with Crippen molar-refractivity contribution in [1.29, 1.82) is 0 Å². The second-order valence-corrected chi connectivity index (χ2v) is 10.2. The van der Waals surface area contributed by atoms with Crippen LogP contribution in [-0.2, 0) is 0 Å². The predicted octanol–water partition coefficient (Wildman–Crippen LogP) is 4.83. The molecule has 3 heterocycles. The Bertz CT molecular complexity index is 1460. The topological polar surface area (TPSA) is 91.1 Å². The van der Waals surface area contributed by atoms with Gasteiger partial charge < -0.3 is 21.4 Å². The molecule has 3 aromatic rings. The number of amidine groups is 1. The first-order valence-corrected chi connectivity index (χ1v) is 13.8. The van der Waals surface area contributed by atoms with E-state index in [0.29, 0.717) is 5.84 Å². The smallest absolute Gasteiger partial charge is 0.146 e. The van der Waals surface area contributed by atoms with E-state index in [9.17, 15) is 0 Å². The van der Waals surface area contributed by atoms with Crippen molar-refractivity contribution in [2.45, 2.75) is 57.2 Å². The molecule has 0 aliphatic carbocycles. The van der Waals surface area contributed by atoms with Crippen LogP contribution in [0.25, 0.3) is 16.7 Å². The van der Waals surface area contributed by atoms with Crippen LogP contribution in [0.4, 0.5) is 0 Å². The van der Waals surface area contributed by atoms with Crippen molar-refractivity contribution >= 4 is 11.4 Å². The van der Waals surface area contributed by atoms with Crippen molar-refractivity contribution in [2.75, 3.05) is 13.1 Å². The lowest BCUT2D eigenvalue weighted by Gasteiger charge is -2.25. The van der Waals surface area contributed by atoms with Gasteiger partial charge in [0.1, 0.15) is 22.9 Å². The Kier molecular flexibility index (Phi) is 8.27. The molecule has 0 radical (unpaired) electrons. The van der Waals surface area contributed by atoms with Crippen LogP contribution in [0.1, 0.15) is 62.7 Å². The van der Waals surface area contributed by atoms with Gasteiger partial charge in [0, 0.05) is 0 Å². The number of rotatable bonds is 6. The van der Waals surface area contributed by atoms with Gasteiger partial charge in [0.05, 0.1) is 18.3 Å². The third kappa shape index (κ3) is 6.32. The molecule has 0 amide bonds. The molecular formula is C33H36N6. The van der Waals surface area contributed by atoms with Crippen LogP contribution >= 0.6 is 0 Å². The zero-order valence-electron chi connectivity index (χ0n) is 22.7. The molecule has 2 aliphatic heterocycles. The van der Waals surface area contributed by atoms with E-state index in [2.05, 4.69) is 98.9 Å². The first-order chi connectivity index (χ1) is 19.1. The Morgan fingerprint density at radius 3 is 2.56 bits per heavy atom. The molecule has 5 N–H and O–H groups in total. The van der Waals surface area contributed by atoms with Crippen LogP contribution in [0, 0.1) is 23.7 Å². The highest BCUT2D eigenvalue weighted by atomic mass is 15.0. The quantitative estimate of drug-likeness (QED) is 0.215. The first-order valence-electron chi connectivity index (χ1n) is 13.8. The van der Waals surface area contributed by atoms with E-state index >= 15 is 0 Å². The number of nitrogens with zero attached hydrogens (tertiary/aromatic N) is 2. The normalized spacial score (nSPS) is 21.0. The number of aromatic amines is 1. The largest absolute Gasteiger partial charge is 0.386 e. The average Bonchev–Trinajstić information content (AvgIpc) is 3.75. The molecule has 3 atom stereocenters. The minimum Gasteiger partial charge on any atom is -0.386 e. The second-order valence-electron chi connectivity index (χ2n) is 10.2. The molecule has 6 nitrogen and oxygen atoms in total. The van der Waals surface area contributed by atoms with Gasteiger partial charge in [-0.1, -0.05) is 60.5 Å². The zero-order valence-corrected chi connectivity index (χ0v) is 22.7. The molecule has 1 aromatic heterocycles. The van der Waals surface area contributed by atoms with Crippen molar-refractivity contribution in [3.8, 4) is 34.8 Å². The van der Waals surface area contributed by atoms with E-state index in [-0.39, 0.29) is 12.1 Å². The summed E-state index contributed by atoms with van der Waals surface area (Å²) in [4.78, 5) is 12.9. The van der Waals surface area contributed by atoms with E-state index in [1.807, 2.05) is 19.9 Å². The number of nitrogens with two attached hydrogens (primary N) is 1. The number of imidazole rings is 1. The monoisotopic (exact) mass is 516 g/mol. The number of H-pyrrole nitrogens is 1. The highest BCUT2D eigenvalue weighted by Gasteiger charge is 2.30. The Labute approximate surface area is 231 Å². The van der Waals surface area contributed by atoms with E-state index in [0.717, 1.165) is 67.0 Å². The van der Waals surface area contributed by atoms with Gasteiger partial charge in [0.2, 0.25) is 0 Å². The lowest BCUT2D eigenvalue weighted by Crippen LogP contribution is -2.39. The summed E-state index contributed by atoms with van der Waals surface area (Å²) in [7, 11) is 0. The van der Waals surface area contributed by atoms with E-state index < -0.39 is 5.54 Å². The van der Waals surface area contributed by atoms with Crippen molar-refractivity contribution < 1.29 is 0 Å². The summed E-state index contributed by atoms with van der Waals surface area (Å²) >= 11 is 0.